The van der Waals surface area contributed by atoms with E-state index in [0.29, 0.717) is 13.0 Å². The second-order valence-corrected chi connectivity index (χ2v) is 7.61. The van der Waals surface area contributed by atoms with Crippen LogP contribution in [0, 0.1) is 0 Å². The highest BCUT2D eigenvalue weighted by Crippen LogP contribution is 2.15. The summed E-state index contributed by atoms with van der Waals surface area (Å²) in [6, 6.07) is 5.26. The van der Waals surface area contributed by atoms with E-state index in [9.17, 15) is 22.8 Å². The monoisotopic (exact) mass is 383 g/mol. The van der Waals surface area contributed by atoms with Gasteiger partial charge in [-0.25, -0.2) is 18.0 Å². The van der Waals surface area contributed by atoms with E-state index < -0.39 is 34.0 Å². The Labute approximate surface area is 151 Å². The number of sulfonamides is 1. The van der Waals surface area contributed by atoms with Gasteiger partial charge in [-0.15, -0.1) is 0 Å². The van der Waals surface area contributed by atoms with E-state index in [0.717, 1.165) is 4.90 Å². The van der Waals surface area contributed by atoms with E-state index in [4.69, 9.17) is 4.74 Å². The Balaban J connectivity index is 2.04. The third kappa shape index (κ3) is 4.94. The van der Waals surface area contributed by atoms with Crippen LogP contribution >= 0.6 is 0 Å². The van der Waals surface area contributed by atoms with Crippen LogP contribution in [0.5, 0.6) is 0 Å². The van der Waals surface area contributed by atoms with E-state index in [1.165, 1.54) is 31.2 Å². The minimum atomic E-state index is -3.49. The molecule has 1 atom stereocenters. The van der Waals surface area contributed by atoms with Crippen molar-refractivity contribution in [1.82, 2.24) is 10.2 Å². The average molecular weight is 383 g/mol. The van der Waals surface area contributed by atoms with Crippen molar-refractivity contribution in [2.24, 2.45) is 0 Å². The molecule has 10 heteroatoms. The summed E-state index contributed by atoms with van der Waals surface area (Å²) in [5, 5.41) is 2.49. The van der Waals surface area contributed by atoms with Crippen molar-refractivity contribution in [3.63, 3.8) is 0 Å². The molecule has 1 unspecified atom stereocenters. The minimum absolute atomic E-state index is 0.0366. The van der Waals surface area contributed by atoms with E-state index in [1.807, 2.05) is 0 Å². The predicted molar refractivity (Wildman–Crippen MR) is 94.1 cm³/mol. The van der Waals surface area contributed by atoms with Crippen LogP contribution < -0.4 is 10.0 Å². The average Bonchev–Trinajstić information content (AvgIpc) is 2.99. The fourth-order valence-electron chi connectivity index (χ4n) is 2.39. The Hall–Kier alpha value is -2.62. The van der Waals surface area contributed by atoms with Gasteiger partial charge in [-0.3, -0.25) is 14.4 Å². The molecule has 2 rings (SSSR count). The summed E-state index contributed by atoms with van der Waals surface area (Å²) in [6.45, 7) is 3.69. The highest BCUT2D eigenvalue weighted by molar-refractivity contribution is 7.92. The van der Waals surface area contributed by atoms with Crippen molar-refractivity contribution in [2.75, 3.05) is 23.6 Å². The third-order valence-electron chi connectivity index (χ3n) is 3.60. The van der Waals surface area contributed by atoms with Crippen LogP contribution in [0.1, 0.15) is 30.6 Å². The summed E-state index contributed by atoms with van der Waals surface area (Å²) in [5.74, 6) is -1.44. The normalized spacial score (nSPS) is 15.3. The van der Waals surface area contributed by atoms with E-state index in [-0.39, 0.29) is 23.5 Å². The lowest BCUT2D eigenvalue weighted by molar-refractivity contribution is -0.136. The van der Waals surface area contributed by atoms with Gasteiger partial charge in [-0.05, 0) is 31.5 Å². The van der Waals surface area contributed by atoms with Crippen LogP contribution in [0.2, 0.25) is 0 Å². The number of carbonyl (C=O) groups excluding carboxylic acids is 3. The summed E-state index contributed by atoms with van der Waals surface area (Å²) in [5.41, 5.74) is 0.318. The first-order valence-electron chi connectivity index (χ1n) is 8.14. The predicted octanol–water partition coefficient (Wildman–Crippen LogP) is 0.935. The van der Waals surface area contributed by atoms with Gasteiger partial charge < -0.3 is 10.1 Å². The Bertz CT molecular complexity index is 808. The molecule has 9 nitrogen and oxygen atoms in total. The third-order valence-corrected chi connectivity index (χ3v) is 5.09. The maximum atomic E-state index is 12.2. The second-order valence-electron chi connectivity index (χ2n) is 5.77. The first kappa shape index (κ1) is 19.7. The maximum absolute atomic E-state index is 12.2. The molecular weight excluding hydrogens is 362 g/mol. The van der Waals surface area contributed by atoms with Gasteiger partial charge >= 0.3 is 12.0 Å². The smallest absolute Gasteiger partial charge is 0.338 e. The molecule has 0 spiro atoms. The van der Waals surface area contributed by atoms with E-state index >= 15 is 0 Å². The number of urea groups is 1. The van der Waals surface area contributed by atoms with Crippen molar-refractivity contribution in [1.29, 1.82) is 0 Å². The topological polar surface area (TPSA) is 122 Å². The van der Waals surface area contributed by atoms with Crippen LogP contribution in [0.25, 0.3) is 0 Å². The highest BCUT2D eigenvalue weighted by Gasteiger charge is 2.31. The Morgan fingerprint density at radius 1 is 1.38 bits per heavy atom. The van der Waals surface area contributed by atoms with Gasteiger partial charge in [0, 0.05) is 18.8 Å². The highest BCUT2D eigenvalue weighted by atomic mass is 32.2. The van der Waals surface area contributed by atoms with Crippen LogP contribution in [0.15, 0.2) is 24.3 Å². The maximum Gasteiger partial charge on any atom is 0.338 e. The number of hydrogen-bond donors (Lipinski definition) is 2. The summed E-state index contributed by atoms with van der Waals surface area (Å²) < 4.78 is 31.1. The molecule has 2 N–H and O–H groups in total. The molecule has 1 aliphatic heterocycles. The Kier molecular flexibility index (Phi) is 6.19. The minimum Gasteiger partial charge on any atom is -0.449 e. The first-order chi connectivity index (χ1) is 12.2. The lowest BCUT2D eigenvalue weighted by Crippen LogP contribution is -2.41. The molecule has 0 aromatic heterocycles. The van der Waals surface area contributed by atoms with E-state index in [1.54, 1.807) is 6.92 Å². The molecule has 1 fully saturated rings. The zero-order valence-electron chi connectivity index (χ0n) is 14.5. The van der Waals surface area contributed by atoms with Crippen LogP contribution in [-0.2, 0) is 19.6 Å². The number of esters is 1. The van der Waals surface area contributed by atoms with Gasteiger partial charge in [0.2, 0.25) is 10.0 Å². The molecule has 1 aliphatic rings. The molecule has 1 heterocycles. The number of hydrogen-bond acceptors (Lipinski definition) is 6. The largest absolute Gasteiger partial charge is 0.449 e. The number of rotatable bonds is 7. The zero-order valence-corrected chi connectivity index (χ0v) is 15.3. The van der Waals surface area contributed by atoms with Crippen molar-refractivity contribution in [2.45, 2.75) is 26.4 Å². The van der Waals surface area contributed by atoms with Crippen LogP contribution in [-0.4, -0.2) is 56.2 Å². The molecule has 1 saturated heterocycles. The molecule has 0 aliphatic carbocycles. The van der Waals surface area contributed by atoms with Gasteiger partial charge in [-0.1, -0.05) is 13.0 Å². The molecule has 142 valence electrons. The summed E-state index contributed by atoms with van der Waals surface area (Å²) in [4.78, 5) is 36.8. The number of ether oxygens (including phenoxy) is 1. The van der Waals surface area contributed by atoms with Crippen LogP contribution in [0.4, 0.5) is 10.5 Å². The zero-order chi connectivity index (χ0) is 19.3. The molecule has 0 bridgehead atoms. The Morgan fingerprint density at radius 2 is 2.12 bits per heavy atom. The van der Waals surface area contributed by atoms with Gasteiger partial charge in [-0.2, -0.15) is 0 Å². The molecule has 0 radical (unpaired) electrons. The fraction of sp³-hybridized carbons (Fsp3) is 0.438. The van der Waals surface area contributed by atoms with Gasteiger partial charge in [0.15, 0.2) is 6.10 Å². The second kappa shape index (κ2) is 8.17. The summed E-state index contributed by atoms with van der Waals surface area (Å²) >= 11 is 0. The van der Waals surface area contributed by atoms with E-state index in [2.05, 4.69) is 10.0 Å². The molecule has 1 aromatic rings. The Morgan fingerprint density at radius 3 is 2.73 bits per heavy atom. The van der Waals surface area contributed by atoms with Crippen molar-refractivity contribution >= 4 is 33.6 Å². The molecular formula is C16H21N3O6S. The summed E-state index contributed by atoms with van der Waals surface area (Å²) in [6.07, 6.45) is -0.687. The molecule has 1 aromatic carbocycles. The first-order valence-corrected chi connectivity index (χ1v) is 9.79. The lowest BCUT2D eigenvalue weighted by atomic mass is 10.2. The number of nitrogens with one attached hydrogen (secondary N) is 2. The fourth-order valence-corrected chi connectivity index (χ4v) is 3.51. The van der Waals surface area contributed by atoms with Crippen molar-refractivity contribution in [3.8, 4) is 0 Å². The number of anilines is 1. The van der Waals surface area contributed by atoms with Gasteiger partial charge in [0.1, 0.15) is 0 Å². The number of benzene rings is 1. The lowest BCUT2D eigenvalue weighted by Gasteiger charge is -2.18. The summed E-state index contributed by atoms with van der Waals surface area (Å²) in [7, 11) is -3.49. The standard InChI is InChI=1S/C16H21N3O6S/c1-3-9-26(23,24)18-13-6-4-5-12(10-13)15(21)25-11(2)14(20)19-8-7-17-16(19)22/h4-6,10-11,18H,3,7-9H2,1-2H3,(H,17,22). The SMILES string of the molecule is CCCS(=O)(=O)Nc1cccc(C(=O)OC(C)C(=O)N2CCNC2=O)c1. The number of nitrogens with zero attached hydrogens (tertiary/aromatic N) is 1. The quantitative estimate of drug-likeness (QED) is 0.676. The number of carbonyl (C=O) groups is 3. The number of imide groups is 1. The van der Waals surface area contributed by atoms with Crippen LogP contribution in [0.3, 0.4) is 0 Å². The van der Waals surface area contributed by atoms with Gasteiger partial charge in [0.25, 0.3) is 5.91 Å². The van der Waals surface area contributed by atoms with Crippen molar-refractivity contribution < 1.29 is 27.5 Å². The molecule has 0 saturated carbocycles. The van der Waals surface area contributed by atoms with Crippen molar-refractivity contribution in [3.05, 3.63) is 29.8 Å². The molecule has 3 amide bonds. The van der Waals surface area contributed by atoms with Gasteiger partial charge in [0.05, 0.1) is 11.3 Å². The molecule has 26 heavy (non-hydrogen) atoms. The number of amides is 3.